The smallest absolute Gasteiger partial charge is 0.210 e. The Morgan fingerprint density at radius 1 is 1.56 bits per heavy atom. The molecule has 9 heavy (non-hydrogen) atoms. The molecule has 0 saturated carbocycles. The highest BCUT2D eigenvalue weighted by Gasteiger charge is 2.12. The predicted molar refractivity (Wildman–Crippen MR) is 30.0 cm³/mol. The molecule has 3 heteroatoms. The van der Waals surface area contributed by atoms with Gasteiger partial charge in [0.1, 0.15) is 0 Å². The van der Waals surface area contributed by atoms with Crippen molar-refractivity contribution in [3.63, 3.8) is 0 Å². The lowest BCUT2D eigenvalue weighted by molar-refractivity contribution is 0.0827. The number of nitriles is 1. The van der Waals surface area contributed by atoms with Gasteiger partial charge < -0.3 is 0 Å². The zero-order valence-corrected chi connectivity index (χ0v) is 5.27. The SMILES string of the molecule is CC(CCC#N)C(F)F. The van der Waals surface area contributed by atoms with Crippen LogP contribution in [-0.4, -0.2) is 6.43 Å². The van der Waals surface area contributed by atoms with Crippen molar-refractivity contribution < 1.29 is 8.78 Å². The Morgan fingerprint density at radius 3 is 2.44 bits per heavy atom. The maximum Gasteiger partial charge on any atom is 0.241 e. The van der Waals surface area contributed by atoms with Crippen molar-refractivity contribution in [2.24, 2.45) is 5.92 Å². The van der Waals surface area contributed by atoms with Crippen LogP contribution in [0.3, 0.4) is 0 Å². The van der Waals surface area contributed by atoms with Crippen LogP contribution in [0.5, 0.6) is 0 Å². The van der Waals surface area contributed by atoms with Gasteiger partial charge in [0.05, 0.1) is 6.07 Å². The molecule has 0 aliphatic heterocycles. The van der Waals surface area contributed by atoms with Gasteiger partial charge in [-0.15, -0.1) is 0 Å². The minimum atomic E-state index is -2.28. The minimum absolute atomic E-state index is 0.228. The van der Waals surface area contributed by atoms with E-state index >= 15 is 0 Å². The summed E-state index contributed by atoms with van der Waals surface area (Å²) in [6, 6.07) is 1.82. The van der Waals surface area contributed by atoms with Gasteiger partial charge in [0.2, 0.25) is 6.43 Å². The van der Waals surface area contributed by atoms with Crippen molar-refractivity contribution in [2.75, 3.05) is 0 Å². The van der Waals surface area contributed by atoms with E-state index in [9.17, 15) is 8.78 Å². The minimum Gasteiger partial charge on any atom is -0.210 e. The lowest BCUT2D eigenvalue weighted by Gasteiger charge is -2.05. The molecule has 1 atom stereocenters. The summed E-state index contributed by atoms with van der Waals surface area (Å²) in [6.07, 6.45) is -1.75. The van der Waals surface area contributed by atoms with Crippen LogP contribution in [-0.2, 0) is 0 Å². The normalized spacial score (nSPS) is 13.2. The molecule has 0 radical (unpaired) electrons. The first kappa shape index (κ1) is 8.35. The van der Waals surface area contributed by atoms with Crippen molar-refractivity contribution in [1.82, 2.24) is 0 Å². The van der Waals surface area contributed by atoms with Crippen molar-refractivity contribution in [2.45, 2.75) is 26.2 Å². The molecule has 0 aromatic carbocycles. The molecule has 0 bridgehead atoms. The van der Waals surface area contributed by atoms with Gasteiger partial charge in [0, 0.05) is 12.3 Å². The van der Waals surface area contributed by atoms with Gasteiger partial charge in [-0.3, -0.25) is 0 Å². The zero-order valence-electron chi connectivity index (χ0n) is 5.27. The van der Waals surface area contributed by atoms with Crippen molar-refractivity contribution in [1.29, 1.82) is 5.26 Å². The number of rotatable bonds is 3. The molecule has 0 amide bonds. The van der Waals surface area contributed by atoms with E-state index in [4.69, 9.17) is 5.26 Å². The van der Waals surface area contributed by atoms with Crippen LogP contribution < -0.4 is 0 Å². The van der Waals surface area contributed by atoms with E-state index < -0.39 is 12.3 Å². The van der Waals surface area contributed by atoms with Crippen LogP contribution in [0.25, 0.3) is 0 Å². The van der Waals surface area contributed by atoms with Crippen LogP contribution in [0, 0.1) is 17.2 Å². The topological polar surface area (TPSA) is 23.8 Å². The number of nitrogens with zero attached hydrogens (tertiary/aromatic N) is 1. The van der Waals surface area contributed by atoms with E-state index in [0.717, 1.165) is 0 Å². The molecule has 0 rings (SSSR count). The first-order valence-electron chi connectivity index (χ1n) is 2.83. The first-order valence-corrected chi connectivity index (χ1v) is 2.83. The molecule has 52 valence electrons. The number of hydrogen-bond donors (Lipinski definition) is 0. The second kappa shape index (κ2) is 4.25. The predicted octanol–water partition coefficient (Wildman–Crippen LogP) is 2.19. The summed E-state index contributed by atoms with van der Waals surface area (Å²) in [7, 11) is 0. The fraction of sp³-hybridized carbons (Fsp3) is 0.833. The molecule has 0 aliphatic carbocycles. The Bertz CT molecular complexity index is 106. The molecular formula is C6H9F2N. The Kier molecular flexibility index (Phi) is 3.94. The Balaban J connectivity index is 3.29. The van der Waals surface area contributed by atoms with Crippen LogP contribution in [0.2, 0.25) is 0 Å². The third kappa shape index (κ3) is 3.89. The van der Waals surface area contributed by atoms with E-state index in [1.165, 1.54) is 6.92 Å². The van der Waals surface area contributed by atoms with Crippen molar-refractivity contribution in [3.05, 3.63) is 0 Å². The maximum atomic E-state index is 11.6. The van der Waals surface area contributed by atoms with E-state index in [1.54, 1.807) is 0 Å². The first-order chi connectivity index (χ1) is 4.18. The van der Waals surface area contributed by atoms with E-state index in [1.807, 2.05) is 6.07 Å². The van der Waals surface area contributed by atoms with Gasteiger partial charge in [-0.25, -0.2) is 8.78 Å². The van der Waals surface area contributed by atoms with Crippen molar-refractivity contribution in [3.8, 4) is 6.07 Å². The molecule has 0 spiro atoms. The quantitative estimate of drug-likeness (QED) is 0.578. The standard InChI is InChI=1S/C6H9F2N/c1-5(6(7)8)3-2-4-9/h5-6H,2-3H2,1H3. The van der Waals surface area contributed by atoms with Gasteiger partial charge in [0.25, 0.3) is 0 Å². The third-order valence-corrected chi connectivity index (χ3v) is 1.14. The fourth-order valence-electron chi connectivity index (χ4n) is 0.418. The second-order valence-electron chi connectivity index (χ2n) is 2.01. The molecule has 0 heterocycles. The fourth-order valence-corrected chi connectivity index (χ4v) is 0.418. The molecule has 0 aromatic heterocycles. The average Bonchev–Trinajstić information content (AvgIpc) is 1.82. The highest BCUT2D eigenvalue weighted by Crippen LogP contribution is 2.13. The lowest BCUT2D eigenvalue weighted by atomic mass is 10.1. The van der Waals surface area contributed by atoms with Gasteiger partial charge >= 0.3 is 0 Å². The average molecular weight is 133 g/mol. The van der Waals surface area contributed by atoms with E-state index in [2.05, 4.69) is 0 Å². The lowest BCUT2D eigenvalue weighted by Crippen LogP contribution is -2.05. The highest BCUT2D eigenvalue weighted by atomic mass is 19.3. The van der Waals surface area contributed by atoms with Gasteiger partial charge in [0.15, 0.2) is 0 Å². The summed E-state index contributed by atoms with van der Waals surface area (Å²) in [5, 5.41) is 8.00. The van der Waals surface area contributed by atoms with Crippen molar-refractivity contribution >= 4 is 0 Å². The number of alkyl halides is 2. The molecule has 1 unspecified atom stereocenters. The van der Waals surface area contributed by atoms with Crippen LogP contribution in [0.1, 0.15) is 19.8 Å². The van der Waals surface area contributed by atoms with Gasteiger partial charge in [-0.05, 0) is 6.42 Å². The van der Waals surface area contributed by atoms with Gasteiger partial charge in [-0.1, -0.05) is 6.92 Å². The molecule has 0 aliphatic rings. The summed E-state index contributed by atoms with van der Waals surface area (Å²) in [6.45, 7) is 1.45. The summed E-state index contributed by atoms with van der Waals surface area (Å²) in [4.78, 5) is 0. The Labute approximate surface area is 53.3 Å². The summed E-state index contributed by atoms with van der Waals surface area (Å²) in [5.41, 5.74) is 0. The highest BCUT2D eigenvalue weighted by molar-refractivity contribution is 4.70. The van der Waals surface area contributed by atoms with Crippen LogP contribution >= 0.6 is 0 Å². The molecule has 0 fully saturated rings. The Morgan fingerprint density at radius 2 is 2.11 bits per heavy atom. The summed E-state index contributed by atoms with van der Waals surface area (Å²) in [5.74, 6) is -0.635. The third-order valence-electron chi connectivity index (χ3n) is 1.14. The zero-order chi connectivity index (χ0) is 7.28. The van der Waals surface area contributed by atoms with E-state index in [-0.39, 0.29) is 6.42 Å². The maximum absolute atomic E-state index is 11.6. The summed E-state index contributed by atoms with van der Waals surface area (Å²) < 4.78 is 23.3. The molecule has 0 saturated heterocycles. The molecule has 0 aromatic rings. The monoisotopic (exact) mass is 133 g/mol. The van der Waals surface area contributed by atoms with Crippen LogP contribution in [0.15, 0.2) is 0 Å². The second-order valence-corrected chi connectivity index (χ2v) is 2.01. The van der Waals surface area contributed by atoms with Gasteiger partial charge in [-0.2, -0.15) is 5.26 Å². The summed E-state index contributed by atoms with van der Waals surface area (Å²) >= 11 is 0. The molecule has 1 nitrogen and oxygen atoms in total. The number of hydrogen-bond acceptors (Lipinski definition) is 1. The van der Waals surface area contributed by atoms with Crippen LogP contribution in [0.4, 0.5) is 8.78 Å². The molecule has 0 N–H and O–H groups in total. The largest absolute Gasteiger partial charge is 0.241 e. The van der Waals surface area contributed by atoms with E-state index in [0.29, 0.717) is 6.42 Å². The number of halogens is 2. The Hall–Kier alpha value is -0.650. The molecular weight excluding hydrogens is 124 g/mol.